The maximum atomic E-state index is 12.4. The lowest BCUT2D eigenvalue weighted by molar-refractivity contribution is 0.0657. The van der Waals surface area contributed by atoms with Gasteiger partial charge >= 0.3 is 0 Å². The zero-order valence-electron chi connectivity index (χ0n) is 17.0. The van der Waals surface area contributed by atoms with Gasteiger partial charge in [-0.25, -0.2) is 0 Å². The highest BCUT2D eigenvalue weighted by molar-refractivity contribution is 14.0. The highest BCUT2D eigenvalue weighted by atomic mass is 127. The van der Waals surface area contributed by atoms with Gasteiger partial charge in [-0.3, -0.25) is 9.79 Å². The Balaban J connectivity index is 0.00000364. The van der Waals surface area contributed by atoms with E-state index in [1.54, 1.807) is 12.1 Å². The molecule has 154 valence electrons. The number of carbonyl (C=O) groups is 1. The standard InChI is InChI=1S/C19H33N5O2.HI/c1-5-16(3)22(4)10-9-21-19(20-6-2)24-13-11-23(12-14-24)18(25)17-8-7-15-26-17;/h7-8,15-16H,5-6,9-14H2,1-4H3,(H,20,21);1H. The summed E-state index contributed by atoms with van der Waals surface area (Å²) in [5.41, 5.74) is 0. The first-order valence-corrected chi connectivity index (χ1v) is 9.63. The molecule has 2 rings (SSSR count). The summed E-state index contributed by atoms with van der Waals surface area (Å²) < 4.78 is 5.22. The number of furan rings is 1. The number of likely N-dealkylation sites (N-methyl/N-ethyl adjacent to an activating group) is 1. The second-order valence-corrected chi connectivity index (χ2v) is 6.73. The topological polar surface area (TPSA) is 64.3 Å². The molecule has 1 aromatic rings. The van der Waals surface area contributed by atoms with E-state index in [0.29, 0.717) is 24.9 Å². The predicted octanol–water partition coefficient (Wildman–Crippen LogP) is 2.35. The van der Waals surface area contributed by atoms with Crippen LogP contribution in [0.2, 0.25) is 0 Å². The summed E-state index contributed by atoms with van der Waals surface area (Å²) in [7, 11) is 2.15. The molecule has 1 amide bonds. The molecule has 0 bridgehead atoms. The average Bonchev–Trinajstić information content (AvgIpc) is 3.21. The molecule has 0 aliphatic carbocycles. The van der Waals surface area contributed by atoms with Crippen LogP contribution < -0.4 is 5.32 Å². The van der Waals surface area contributed by atoms with Crippen LogP contribution in [0.25, 0.3) is 0 Å². The monoisotopic (exact) mass is 491 g/mol. The largest absolute Gasteiger partial charge is 0.459 e. The molecule has 7 nitrogen and oxygen atoms in total. The minimum absolute atomic E-state index is 0. The third kappa shape index (κ3) is 6.99. The summed E-state index contributed by atoms with van der Waals surface area (Å²) >= 11 is 0. The quantitative estimate of drug-likeness (QED) is 0.361. The molecule has 1 unspecified atom stereocenters. The summed E-state index contributed by atoms with van der Waals surface area (Å²) in [5, 5.41) is 3.38. The SMILES string of the molecule is CCNC(=NCCN(C)C(C)CC)N1CCN(C(=O)c2ccco2)CC1.I. The number of piperazine rings is 1. The van der Waals surface area contributed by atoms with Crippen LogP contribution in [0.3, 0.4) is 0 Å². The smallest absolute Gasteiger partial charge is 0.289 e. The average molecular weight is 491 g/mol. The molecule has 2 heterocycles. The van der Waals surface area contributed by atoms with E-state index in [4.69, 9.17) is 9.41 Å². The van der Waals surface area contributed by atoms with E-state index in [9.17, 15) is 4.79 Å². The molecule has 1 N–H and O–H groups in total. The van der Waals surface area contributed by atoms with Gasteiger partial charge in [-0.05, 0) is 39.4 Å². The maximum Gasteiger partial charge on any atom is 0.289 e. The first-order valence-electron chi connectivity index (χ1n) is 9.63. The molecule has 1 aromatic heterocycles. The van der Waals surface area contributed by atoms with Crippen LogP contribution in [0.4, 0.5) is 0 Å². The summed E-state index contributed by atoms with van der Waals surface area (Å²) in [6.45, 7) is 12.0. The molecule has 1 aliphatic heterocycles. The minimum atomic E-state index is -0.0354. The number of amides is 1. The number of carbonyl (C=O) groups excluding carboxylic acids is 1. The van der Waals surface area contributed by atoms with Crippen molar-refractivity contribution in [2.45, 2.75) is 33.2 Å². The molecule has 27 heavy (non-hydrogen) atoms. The van der Waals surface area contributed by atoms with Crippen molar-refractivity contribution in [3.05, 3.63) is 24.2 Å². The Labute approximate surface area is 180 Å². The molecule has 0 aromatic carbocycles. The van der Waals surface area contributed by atoms with E-state index in [1.807, 2.05) is 4.90 Å². The number of hydrogen-bond acceptors (Lipinski definition) is 4. The van der Waals surface area contributed by atoms with E-state index in [0.717, 1.165) is 45.1 Å². The number of nitrogens with zero attached hydrogens (tertiary/aromatic N) is 4. The van der Waals surface area contributed by atoms with Gasteiger partial charge in [0.2, 0.25) is 0 Å². The van der Waals surface area contributed by atoms with Gasteiger partial charge in [-0.2, -0.15) is 0 Å². The lowest BCUT2D eigenvalue weighted by atomic mass is 10.2. The first-order chi connectivity index (χ1) is 12.6. The van der Waals surface area contributed by atoms with Crippen LogP contribution in [-0.2, 0) is 0 Å². The lowest BCUT2D eigenvalue weighted by Crippen LogP contribution is -2.53. The van der Waals surface area contributed by atoms with Gasteiger partial charge in [0.25, 0.3) is 5.91 Å². The van der Waals surface area contributed by atoms with Gasteiger partial charge in [0.15, 0.2) is 11.7 Å². The molecule has 1 atom stereocenters. The van der Waals surface area contributed by atoms with Gasteiger partial charge in [0.1, 0.15) is 0 Å². The summed E-state index contributed by atoms with van der Waals surface area (Å²) in [6, 6.07) is 4.04. The molecule has 1 aliphatic rings. The van der Waals surface area contributed by atoms with Gasteiger partial charge < -0.3 is 24.4 Å². The number of hydrogen-bond donors (Lipinski definition) is 1. The number of nitrogens with one attached hydrogen (secondary N) is 1. The van der Waals surface area contributed by atoms with E-state index < -0.39 is 0 Å². The fourth-order valence-corrected chi connectivity index (χ4v) is 2.95. The fourth-order valence-electron chi connectivity index (χ4n) is 2.95. The van der Waals surface area contributed by atoms with Gasteiger partial charge in [-0.1, -0.05) is 6.92 Å². The number of rotatable bonds is 7. The number of halogens is 1. The molecule has 0 saturated carbocycles. The fraction of sp³-hybridized carbons (Fsp3) is 0.684. The number of guanidine groups is 1. The van der Waals surface area contributed by atoms with Crippen LogP contribution in [0.5, 0.6) is 0 Å². The van der Waals surface area contributed by atoms with E-state index in [2.05, 4.69) is 42.9 Å². The Kier molecular flexibility index (Phi) is 10.8. The maximum absolute atomic E-state index is 12.4. The normalized spacial score (nSPS) is 16.3. The highest BCUT2D eigenvalue weighted by Gasteiger charge is 2.25. The Morgan fingerprint density at radius 2 is 1.96 bits per heavy atom. The van der Waals surface area contributed by atoms with E-state index in [1.165, 1.54) is 6.26 Å². The third-order valence-electron chi connectivity index (χ3n) is 4.99. The summed E-state index contributed by atoms with van der Waals surface area (Å²) in [6.07, 6.45) is 2.68. The first kappa shape index (κ1) is 23.7. The Hall–Kier alpha value is -1.29. The van der Waals surface area contributed by atoms with Crippen molar-refractivity contribution in [3.63, 3.8) is 0 Å². The van der Waals surface area contributed by atoms with Crippen molar-refractivity contribution in [2.24, 2.45) is 4.99 Å². The van der Waals surface area contributed by atoms with Gasteiger partial charge in [0, 0.05) is 45.3 Å². The van der Waals surface area contributed by atoms with Crippen molar-refractivity contribution in [1.82, 2.24) is 20.0 Å². The third-order valence-corrected chi connectivity index (χ3v) is 4.99. The molecule has 1 saturated heterocycles. The lowest BCUT2D eigenvalue weighted by Gasteiger charge is -2.36. The zero-order valence-corrected chi connectivity index (χ0v) is 19.3. The van der Waals surface area contributed by atoms with Gasteiger partial charge in [0.05, 0.1) is 12.8 Å². The number of aliphatic imine (C=N–C) groups is 1. The molecule has 1 fully saturated rings. The van der Waals surface area contributed by atoms with E-state index >= 15 is 0 Å². The van der Waals surface area contributed by atoms with Crippen LogP contribution in [0, 0.1) is 0 Å². The molecule has 0 radical (unpaired) electrons. The van der Waals surface area contributed by atoms with Crippen molar-refractivity contribution < 1.29 is 9.21 Å². The van der Waals surface area contributed by atoms with Crippen LogP contribution in [-0.4, -0.2) is 85.5 Å². The van der Waals surface area contributed by atoms with E-state index in [-0.39, 0.29) is 29.9 Å². The second-order valence-electron chi connectivity index (χ2n) is 6.73. The Morgan fingerprint density at radius 1 is 1.30 bits per heavy atom. The zero-order chi connectivity index (χ0) is 18.9. The second kappa shape index (κ2) is 12.2. The molecule has 8 heteroatoms. The van der Waals surface area contributed by atoms with Crippen LogP contribution in [0.15, 0.2) is 27.8 Å². The van der Waals surface area contributed by atoms with Crippen LogP contribution in [0.1, 0.15) is 37.7 Å². The molecular weight excluding hydrogens is 457 g/mol. The summed E-state index contributed by atoms with van der Waals surface area (Å²) in [4.78, 5) is 23.6. The van der Waals surface area contributed by atoms with Gasteiger partial charge in [-0.15, -0.1) is 24.0 Å². The van der Waals surface area contributed by atoms with Crippen molar-refractivity contribution in [3.8, 4) is 0 Å². The minimum Gasteiger partial charge on any atom is -0.459 e. The predicted molar refractivity (Wildman–Crippen MR) is 120 cm³/mol. The molecule has 0 spiro atoms. The Morgan fingerprint density at radius 3 is 2.52 bits per heavy atom. The summed E-state index contributed by atoms with van der Waals surface area (Å²) in [5.74, 6) is 1.31. The van der Waals surface area contributed by atoms with Crippen molar-refractivity contribution in [1.29, 1.82) is 0 Å². The van der Waals surface area contributed by atoms with Crippen molar-refractivity contribution in [2.75, 3.05) is 52.9 Å². The van der Waals surface area contributed by atoms with Crippen LogP contribution >= 0.6 is 24.0 Å². The highest BCUT2D eigenvalue weighted by Crippen LogP contribution is 2.09. The Bertz CT molecular complexity index is 571. The molecular formula is C19H34IN5O2. The van der Waals surface area contributed by atoms with Crippen molar-refractivity contribution >= 4 is 35.8 Å².